The van der Waals surface area contributed by atoms with Crippen LogP contribution in [-0.2, 0) is 20.0 Å². The molecular weight excluding hydrogens is 593 g/mol. The molecule has 13 heteroatoms. The van der Waals surface area contributed by atoms with Gasteiger partial charge in [-0.3, -0.25) is 0 Å². The number of aryl methyl sites for hydroxylation is 2. The third-order valence-electron chi connectivity index (χ3n) is 7.24. The minimum Gasteiger partial charge on any atom is -0.324 e. The Hall–Kier alpha value is -3.62. The maximum Gasteiger partial charge on any atom is 0.269 e. The molecule has 0 saturated carbocycles. The van der Waals surface area contributed by atoms with Gasteiger partial charge in [-0.2, -0.15) is 9.29 Å². The number of thiophene rings is 1. The van der Waals surface area contributed by atoms with Crippen LogP contribution in [0.25, 0.3) is 21.6 Å². The van der Waals surface area contributed by atoms with Crippen molar-refractivity contribution < 1.29 is 16.8 Å². The number of aromatic nitrogens is 3. The van der Waals surface area contributed by atoms with Crippen molar-refractivity contribution in [3.8, 4) is 10.6 Å². The predicted octanol–water partition coefficient (Wildman–Crippen LogP) is 4.69. The number of benzene rings is 2. The van der Waals surface area contributed by atoms with E-state index in [-0.39, 0.29) is 21.4 Å². The average Bonchev–Trinajstić information content (AvgIpc) is 3.60. The van der Waals surface area contributed by atoms with E-state index in [1.807, 2.05) is 32.3 Å². The standard InChI is InChI=1S/C29H30N6O4S3/c1-20-7-9-23(10-8-20)42(38,39)35-12-11-25-27(26-17-21(2)19-40-26)31-29(32-28(25)35)30-22-5-4-6-24(18-22)41(36,37)34-15-13-33(3)14-16-34/h4-12,17-19H,13-16H2,1-3H3,(H,30,31,32). The summed E-state index contributed by atoms with van der Waals surface area (Å²) in [6.07, 6.45) is 1.49. The fourth-order valence-corrected chi connectivity index (χ4v) is 8.52. The summed E-state index contributed by atoms with van der Waals surface area (Å²) in [5.74, 6) is 0.150. The van der Waals surface area contributed by atoms with E-state index >= 15 is 0 Å². The normalized spacial score (nSPS) is 15.3. The van der Waals surface area contributed by atoms with Gasteiger partial charge in [0.05, 0.1) is 20.4 Å². The van der Waals surface area contributed by atoms with Crippen LogP contribution in [-0.4, -0.2) is 73.2 Å². The highest BCUT2D eigenvalue weighted by atomic mass is 32.2. The Kier molecular flexibility index (Phi) is 7.39. The van der Waals surface area contributed by atoms with E-state index in [9.17, 15) is 16.8 Å². The summed E-state index contributed by atoms with van der Waals surface area (Å²) in [7, 11) is -5.67. The number of anilines is 2. The summed E-state index contributed by atoms with van der Waals surface area (Å²) < 4.78 is 56.8. The van der Waals surface area contributed by atoms with Gasteiger partial charge in [-0.05, 0) is 74.3 Å². The number of likely N-dealkylation sites (N-methyl/N-ethyl adjacent to an activating group) is 1. The third-order valence-corrected chi connectivity index (χ3v) is 11.9. The number of sulfonamides is 1. The van der Waals surface area contributed by atoms with Gasteiger partial charge in [-0.15, -0.1) is 11.3 Å². The first kappa shape index (κ1) is 28.5. The smallest absolute Gasteiger partial charge is 0.269 e. The largest absolute Gasteiger partial charge is 0.324 e. The third kappa shape index (κ3) is 5.34. The minimum absolute atomic E-state index is 0.147. The fourth-order valence-electron chi connectivity index (χ4n) is 4.85. The first-order valence-electron chi connectivity index (χ1n) is 13.3. The monoisotopic (exact) mass is 622 g/mol. The van der Waals surface area contributed by atoms with Gasteiger partial charge in [0, 0.05) is 43.4 Å². The molecule has 218 valence electrons. The van der Waals surface area contributed by atoms with Crippen molar-refractivity contribution in [3.05, 3.63) is 83.4 Å². The van der Waals surface area contributed by atoms with E-state index in [0.29, 0.717) is 42.9 Å². The number of rotatable bonds is 7. The number of hydrogen-bond donors (Lipinski definition) is 1. The van der Waals surface area contributed by atoms with Crippen molar-refractivity contribution in [2.24, 2.45) is 0 Å². The van der Waals surface area contributed by atoms with Crippen LogP contribution >= 0.6 is 11.3 Å². The number of fused-ring (bicyclic) bond motifs is 1. The Morgan fingerprint density at radius 2 is 1.55 bits per heavy atom. The lowest BCUT2D eigenvalue weighted by Crippen LogP contribution is -2.47. The second-order valence-electron chi connectivity index (χ2n) is 10.4. The minimum atomic E-state index is -3.95. The zero-order valence-corrected chi connectivity index (χ0v) is 25.8. The molecule has 0 unspecified atom stereocenters. The van der Waals surface area contributed by atoms with Crippen LogP contribution in [0.1, 0.15) is 11.1 Å². The molecule has 10 nitrogen and oxygen atoms in total. The van der Waals surface area contributed by atoms with E-state index < -0.39 is 20.0 Å². The average molecular weight is 623 g/mol. The van der Waals surface area contributed by atoms with Crippen LogP contribution in [0.15, 0.2) is 82.0 Å². The lowest BCUT2D eigenvalue weighted by atomic mass is 10.2. The Bertz CT molecular complexity index is 1990. The molecule has 42 heavy (non-hydrogen) atoms. The molecule has 3 aromatic heterocycles. The van der Waals surface area contributed by atoms with Crippen molar-refractivity contribution in [2.75, 3.05) is 38.5 Å². The zero-order valence-electron chi connectivity index (χ0n) is 23.4. The van der Waals surface area contributed by atoms with Crippen LogP contribution < -0.4 is 5.32 Å². The Balaban J connectivity index is 1.43. The first-order valence-corrected chi connectivity index (χ1v) is 17.1. The van der Waals surface area contributed by atoms with Crippen molar-refractivity contribution in [1.82, 2.24) is 23.1 Å². The van der Waals surface area contributed by atoms with Crippen molar-refractivity contribution in [3.63, 3.8) is 0 Å². The summed E-state index contributed by atoms with van der Waals surface area (Å²) in [5, 5.41) is 5.72. The molecule has 5 aromatic rings. The van der Waals surface area contributed by atoms with Crippen LogP contribution in [0.2, 0.25) is 0 Å². The SMILES string of the molecule is Cc1ccc(S(=O)(=O)n2ccc3c(-c4cc(C)cs4)nc(Nc4cccc(S(=O)(=O)N5CCN(C)CC5)c4)nc32)cc1. The summed E-state index contributed by atoms with van der Waals surface area (Å²) >= 11 is 1.50. The van der Waals surface area contributed by atoms with Gasteiger partial charge in [0.1, 0.15) is 0 Å². The van der Waals surface area contributed by atoms with Crippen LogP contribution in [0.4, 0.5) is 11.6 Å². The van der Waals surface area contributed by atoms with Gasteiger partial charge in [-0.1, -0.05) is 23.8 Å². The van der Waals surface area contributed by atoms with Gasteiger partial charge in [0.2, 0.25) is 16.0 Å². The molecule has 0 bridgehead atoms. The van der Waals surface area contributed by atoms with E-state index in [1.54, 1.807) is 54.6 Å². The Morgan fingerprint density at radius 3 is 2.24 bits per heavy atom. The van der Waals surface area contributed by atoms with Crippen molar-refractivity contribution in [1.29, 1.82) is 0 Å². The van der Waals surface area contributed by atoms with Gasteiger partial charge >= 0.3 is 0 Å². The molecule has 0 aliphatic carbocycles. The van der Waals surface area contributed by atoms with E-state index in [1.165, 1.54) is 21.8 Å². The van der Waals surface area contributed by atoms with Crippen LogP contribution in [0.5, 0.6) is 0 Å². The molecule has 1 N–H and O–H groups in total. The molecule has 0 atom stereocenters. The van der Waals surface area contributed by atoms with Gasteiger partial charge in [0.15, 0.2) is 5.65 Å². The lowest BCUT2D eigenvalue weighted by molar-refractivity contribution is 0.222. The van der Waals surface area contributed by atoms with Crippen LogP contribution in [0, 0.1) is 13.8 Å². The number of hydrogen-bond acceptors (Lipinski definition) is 9. The quantitative estimate of drug-likeness (QED) is 0.278. The zero-order chi connectivity index (χ0) is 29.6. The Morgan fingerprint density at radius 1 is 0.810 bits per heavy atom. The summed E-state index contributed by atoms with van der Waals surface area (Å²) in [6.45, 7) is 6.06. The predicted molar refractivity (Wildman–Crippen MR) is 165 cm³/mol. The molecule has 0 spiro atoms. The van der Waals surface area contributed by atoms with E-state index in [4.69, 9.17) is 4.98 Å². The number of nitrogens with zero attached hydrogens (tertiary/aromatic N) is 5. The number of nitrogens with one attached hydrogen (secondary N) is 1. The Labute approximate surface area is 249 Å². The summed E-state index contributed by atoms with van der Waals surface area (Å²) in [4.78, 5) is 12.7. The highest BCUT2D eigenvalue weighted by Gasteiger charge is 2.28. The molecule has 1 fully saturated rings. The molecule has 0 radical (unpaired) electrons. The van der Waals surface area contributed by atoms with Gasteiger partial charge in [0.25, 0.3) is 10.0 Å². The second kappa shape index (κ2) is 10.9. The first-order chi connectivity index (χ1) is 20.0. The number of piperazine rings is 1. The molecular formula is C29H30N6O4S3. The van der Waals surface area contributed by atoms with Crippen molar-refractivity contribution >= 4 is 54.1 Å². The van der Waals surface area contributed by atoms with Gasteiger partial charge < -0.3 is 10.2 Å². The molecule has 1 aliphatic rings. The maximum absolute atomic E-state index is 13.7. The van der Waals surface area contributed by atoms with E-state index in [2.05, 4.69) is 15.2 Å². The lowest BCUT2D eigenvalue weighted by Gasteiger charge is -2.31. The molecule has 2 aromatic carbocycles. The summed E-state index contributed by atoms with van der Waals surface area (Å²) in [5.41, 5.74) is 3.28. The molecule has 0 amide bonds. The topological polar surface area (TPSA) is 117 Å². The summed E-state index contributed by atoms with van der Waals surface area (Å²) in [6, 6.07) is 16.9. The highest BCUT2D eigenvalue weighted by Crippen LogP contribution is 2.34. The molecule has 6 rings (SSSR count). The molecule has 1 aliphatic heterocycles. The highest BCUT2D eigenvalue weighted by molar-refractivity contribution is 7.90. The second-order valence-corrected chi connectivity index (χ2v) is 15.1. The van der Waals surface area contributed by atoms with Gasteiger partial charge in [-0.25, -0.2) is 25.8 Å². The molecule has 4 heterocycles. The van der Waals surface area contributed by atoms with E-state index in [0.717, 1.165) is 20.0 Å². The molecule has 1 saturated heterocycles. The van der Waals surface area contributed by atoms with Crippen molar-refractivity contribution in [2.45, 2.75) is 23.6 Å². The fraction of sp³-hybridized carbons (Fsp3) is 0.241. The van der Waals surface area contributed by atoms with Crippen LogP contribution in [0.3, 0.4) is 0 Å². The maximum atomic E-state index is 13.7.